The maximum Gasteiger partial charge on any atom is 0.164 e. The molecule has 0 aromatic heterocycles. The molecule has 0 radical (unpaired) electrons. The number of rotatable bonds is 4. The highest BCUT2D eigenvalue weighted by Crippen LogP contribution is 2.36. The van der Waals surface area contributed by atoms with Crippen LogP contribution in [0.15, 0.2) is 12.1 Å². The minimum atomic E-state index is 0.708. The van der Waals surface area contributed by atoms with Crippen LogP contribution < -0.4 is 14.8 Å². The molecule has 100 valence electrons. The fourth-order valence-electron chi connectivity index (χ4n) is 2.75. The average molecular weight is 249 g/mol. The fourth-order valence-corrected chi connectivity index (χ4v) is 2.75. The monoisotopic (exact) mass is 249 g/mol. The standard InChI is InChI=1S/C15H23NO2/c1-11-6-7-13(15(18-3)14(11)17-2)9-12-5-4-8-16-10-12/h6-7,12,16H,4-5,8-10H2,1-3H3. The lowest BCUT2D eigenvalue weighted by Gasteiger charge is -2.24. The summed E-state index contributed by atoms with van der Waals surface area (Å²) in [6.07, 6.45) is 3.63. The highest BCUT2D eigenvalue weighted by molar-refractivity contribution is 5.51. The van der Waals surface area contributed by atoms with Gasteiger partial charge < -0.3 is 14.8 Å². The first-order valence-corrected chi connectivity index (χ1v) is 6.67. The van der Waals surface area contributed by atoms with Crippen LogP contribution in [0.1, 0.15) is 24.0 Å². The molecule has 1 saturated heterocycles. The maximum atomic E-state index is 5.54. The van der Waals surface area contributed by atoms with Gasteiger partial charge in [-0.2, -0.15) is 0 Å². The Labute approximate surface area is 109 Å². The van der Waals surface area contributed by atoms with Crippen LogP contribution in [0.2, 0.25) is 0 Å². The number of piperidine rings is 1. The molecule has 1 aromatic rings. The van der Waals surface area contributed by atoms with Gasteiger partial charge in [0.15, 0.2) is 11.5 Å². The molecule has 0 saturated carbocycles. The predicted molar refractivity (Wildman–Crippen MR) is 73.6 cm³/mol. The first-order chi connectivity index (χ1) is 8.76. The zero-order valence-corrected chi connectivity index (χ0v) is 11.6. The van der Waals surface area contributed by atoms with Gasteiger partial charge in [0.2, 0.25) is 0 Å². The third-order valence-electron chi connectivity index (χ3n) is 3.71. The van der Waals surface area contributed by atoms with Gasteiger partial charge in [-0.3, -0.25) is 0 Å². The molecule has 0 aliphatic carbocycles. The number of hydrogen-bond acceptors (Lipinski definition) is 3. The molecule has 1 heterocycles. The Morgan fingerprint density at radius 2 is 2.00 bits per heavy atom. The molecule has 3 nitrogen and oxygen atoms in total. The lowest BCUT2D eigenvalue weighted by atomic mass is 9.91. The largest absolute Gasteiger partial charge is 0.493 e. The molecule has 2 rings (SSSR count). The van der Waals surface area contributed by atoms with E-state index in [1.165, 1.54) is 18.4 Å². The van der Waals surface area contributed by atoms with Crippen molar-refractivity contribution in [3.8, 4) is 11.5 Å². The zero-order chi connectivity index (χ0) is 13.0. The molecule has 0 spiro atoms. The summed E-state index contributed by atoms with van der Waals surface area (Å²) in [6.45, 7) is 4.32. The smallest absolute Gasteiger partial charge is 0.164 e. The van der Waals surface area contributed by atoms with E-state index in [1.807, 2.05) is 6.92 Å². The lowest BCUT2D eigenvalue weighted by Crippen LogP contribution is -2.30. The SMILES string of the molecule is COc1c(C)ccc(CC2CCCNC2)c1OC. The molecule has 1 unspecified atom stereocenters. The summed E-state index contributed by atoms with van der Waals surface area (Å²) < 4.78 is 11.0. The number of ether oxygens (including phenoxy) is 2. The van der Waals surface area contributed by atoms with Crippen LogP contribution in [-0.2, 0) is 6.42 Å². The van der Waals surface area contributed by atoms with E-state index >= 15 is 0 Å². The summed E-state index contributed by atoms with van der Waals surface area (Å²) in [5.41, 5.74) is 2.38. The van der Waals surface area contributed by atoms with E-state index in [-0.39, 0.29) is 0 Å². The molecule has 1 aromatic carbocycles. The summed E-state index contributed by atoms with van der Waals surface area (Å²) in [7, 11) is 3.43. The fraction of sp³-hybridized carbons (Fsp3) is 0.600. The van der Waals surface area contributed by atoms with Gasteiger partial charge in [-0.25, -0.2) is 0 Å². The van der Waals surface area contributed by atoms with E-state index in [0.29, 0.717) is 5.92 Å². The second-order valence-electron chi connectivity index (χ2n) is 5.02. The summed E-state index contributed by atoms with van der Waals surface area (Å²) >= 11 is 0. The van der Waals surface area contributed by atoms with Crippen LogP contribution in [0.3, 0.4) is 0 Å². The first kappa shape index (κ1) is 13.2. The van der Waals surface area contributed by atoms with Crippen LogP contribution in [0, 0.1) is 12.8 Å². The van der Waals surface area contributed by atoms with Gasteiger partial charge in [-0.1, -0.05) is 12.1 Å². The predicted octanol–water partition coefficient (Wildman–Crippen LogP) is 2.55. The van der Waals surface area contributed by atoms with Gasteiger partial charge in [0.05, 0.1) is 14.2 Å². The van der Waals surface area contributed by atoms with Gasteiger partial charge >= 0.3 is 0 Å². The van der Waals surface area contributed by atoms with Crippen LogP contribution >= 0.6 is 0 Å². The van der Waals surface area contributed by atoms with Crippen molar-refractivity contribution in [1.29, 1.82) is 0 Å². The Balaban J connectivity index is 2.21. The minimum Gasteiger partial charge on any atom is -0.493 e. The van der Waals surface area contributed by atoms with E-state index in [0.717, 1.165) is 36.6 Å². The van der Waals surface area contributed by atoms with Crippen molar-refractivity contribution in [3.63, 3.8) is 0 Å². The molecular weight excluding hydrogens is 226 g/mol. The topological polar surface area (TPSA) is 30.5 Å². The Morgan fingerprint density at radius 1 is 1.22 bits per heavy atom. The molecule has 1 N–H and O–H groups in total. The molecule has 1 fully saturated rings. The summed E-state index contributed by atoms with van der Waals surface area (Å²) in [5.74, 6) is 2.49. The van der Waals surface area contributed by atoms with Crippen molar-refractivity contribution in [2.45, 2.75) is 26.2 Å². The molecule has 0 bridgehead atoms. The molecular formula is C15H23NO2. The van der Waals surface area contributed by atoms with Crippen molar-refractivity contribution in [2.24, 2.45) is 5.92 Å². The molecule has 18 heavy (non-hydrogen) atoms. The third kappa shape index (κ3) is 2.78. The molecule has 1 atom stereocenters. The van der Waals surface area contributed by atoms with Gasteiger partial charge in [-0.05, 0) is 56.3 Å². The van der Waals surface area contributed by atoms with Crippen molar-refractivity contribution < 1.29 is 9.47 Å². The van der Waals surface area contributed by atoms with Crippen LogP contribution in [-0.4, -0.2) is 27.3 Å². The number of benzene rings is 1. The number of nitrogens with one attached hydrogen (secondary N) is 1. The molecule has 3 heteroatoms. The normalized spacial score (nSPS) is 19.6. The highest BCUT2D eigenvalue weighted by atomic mass is 16.5. The van der Waals surface area contributed by atoms with E-state index < -0.39 is 0 Å². The van der Waals surface area contributed by atoms with Crippen molar-refractivity contribution in [1.82, 2.24) is 5.32 Å². The second kappa shape index (κ2) is 6.10. The maximum absolute atomic E-state index is 5.54. The Bertz CT molecular complexity index is 398. The van der Waals surface area contributed by atoms with Gasteiger partial charge in [-0.15, -0.1) is 0 Å². The summed E-state index contributed by atoms with van der Waals surface area (Å²) in [4.78, 5) is 0. The first-order valence-electron chi connectivity index (χ1n) is 6.67. The molecule has 1 aliphatic rings. The summed E-state index contributed by atoms with van der Waals surface area (Å²) in [5, 5.41) is 3.46. The molecule has 1 aliphatic heterocycles. The average Bonchev–Trinajstić information content (AvgIpc) is 2.41. The van der Waals surface area contributed by atoms with E-state index in [4.69, 9.17) is 9.47 Å². The summed E-state index contributed by atoms with van der Waals surface area (Å²) in [6, 6.07) is 4.29. The minimum absolute atomic E-state index is 0.708. The van der Waals surface area contributed by atoms with Crippen LogP contribution in [0.4, 0.5) is 0 Å². The van der Waals surface area contributed by atoms with Crippen molar-refractivity contribution >= 4 is 0 Å². The molecule has 0 amide bonds. The quantitative estimate of drug-likeness (QED) is 0.889. The van der Waals surface area contributed by atoms with Crippen molar-refractivity contribution in [3.05, 3.63) is 23.3 Å². The van der Waals surface area contributed by atoms with E-state index in [1.54, 1.807) is 14.2 Å². The lowest BCUT2D eigenvalue weighted by molar-refractivity contribution is 0.339. The Morgan fingerprint density at radius 3 is 2.61 bits per heavy atom. The van der Waals surface area contributed by atoms with E-state index in [2.05, 4.69) is 17.4 Å². The van der Waals surface area contributed by atoms with Gasteiger partial charge in [0.1, 0.15) is 0 Å². The van der Waals surface area contributed by atoms with Crippen LogP contribution in [0.5, 0.6) is 11.5 Å². The Hall–Kier alpha value is -1.22. The van der Waals surface area contributed by atoms with E-state index in [9.17, 15) is 0 Å². The highest BCUT2D eigenvalue weighted by Gasteiger charge is 2.18. The number of hydrogen-bond donors (Lipinski definition) is 1. The third-order valence-corrected chi connectivity index (χ3v) is 3.71. The number of aryl methyl sites for hydroxylation is 1. The van der Waals surface area contributed by atoms with Gasteiger partial charge in [0.25, 0.3) is 0 Å². The second-order valence-corrected chi connectivity index (χ2v) is 5.02. The number of methoxy groups -OCH3 is 2. The van der Waals surface area contributed by atoms with Gasteiger partial charge in [0, 0.05) is 0 Å². The van der Waals surface area contributed by atoms with Crippen molar-refractivity contribution in [2.75, 3.05) is 27.3 Å². The zero-order valence-electron chi connectivity index (χ0n) is 11.6. The van der Waals surface area contributed by atoms with Crippen LogP contribution in [0.25, 0.3) is 0 Å². The Kier molecular flexibility index (Phi) is 4.48.